The first kappa shape index (κ1) is 7.49. The summed E-state index contributed by atoms with van der Waals surface area (Å²) in [5, 5.41) is 0. The first-order valence-corrected chi connectivity index (χ1v) is 6.38. The molecular weight excluding hydrogens is 279 g/mol. The van der Waals surface area contributed by atoms with Crippen LogP contribution in [-0.4, -0.2) is 16.0 Å². The summed E-state index contributed by atoms with van der Waals surface area (Å²) in [6.45, 7) is 0. The summed E-state index contributed by atoms with van der Waals surface area (Å²) in [6, 6.07) is 0. The lowest BCUT2D eigenvalue weighted by Crippen LogP contribution is -2.33. The summed E-state index contributed by atoms with van der Waals surface area (Å²) in [5.74, 6) is 3.44. The van der Waals surface area contributed by atoms with Gasteiger partial charge in [0.05, 0.1) is 9.84 Å². The predicted molar refractivity (Wildman–Crippen MR) is 54.4 cm³/mol. The molecule has 0 amide bonds. The van der Waals surface area contributed by atoms with Gasteiger partial charge in [-0.3, -0.25) is 4.79 Å². The molecule has 0 aromatic carbocycles. The summed E-state index contributed by atoms with van der Waals surface area (Å²) in [4.78, 5) is 11.6. The number of hydrogen-bond donors (Lipinski definition) is 0. The van der Waals surface area contributed by atoms with Crippen LogP contribution in [-0.2, 0) is 9.53 Å². The minimum absolute atomic E-state index is 0.131. The van der Waals surface area contributed by atoms with E-state index < -0.39 is 0 Å². The zero-order chi connectivity index (χ0) is 8.74. The van der Waals surface area contributed by atoms with Crippen molar-refractivity contribution in [2.45, 2.75) is 22.9 Å². The van der Waals surface area contributed by atoms with Crippen molar-refractivity contribution in [2.24, 2.45) is 29.6 Å². The summed E-state index contributed by atoms with van der Waals surface area (Å²) in [5.41, 5.74) is 0. The molecule has 1 saturated heterocycles. The van der Waals surface area contributed by atoms with Crippen LogP contribution in [0.25, 0.3) is 0 Å². The zero-order valence-electron chi connectivity index (χ0n) is 7.15. The zero-order valence-corrected chi connectivity index (χ0v) is 9.31. The fourth-order valence-corrected chi connectivity index (χ4v) is 6.24. The lowest BCUT2D eigenvalue weighted by molar-refractivity contribution is -0.143. The van der Waals surface area contributed by atoms with Crippen molar-refractivity contribution >= 4 is 28.6 Å². The highest BCUT2D eigenvalue weighted by Gasteiger charge is 2.72. The molecule has 1 aliphatic heterocycles. The number of halogens is 1. The second kappa shape index (κ2) is 2.07. The van der Waals surface area contributed by atoms with Crippen LogP contribution >= 0.6 is 22.6 Å². The van der Waals surface area contributed by atoms with Gasteiger partial charge in [-0.15, -0.1) is 0 Å². The molecule has 70 valence electrons. The molecule has 2 nitrogen and oxygen atoms in total. The van der Waals surface area contributed by atoms with E-state index >= 15 is 0 Å². The maximum Gasteiger partial charge on any atom is 0.309 e. The van der Waals surface area contributed by atoms with E-state index in [4.69, 9.17) is 4.74 Å². The van der Waals surface area contributed by atoms with Crippen molar-refractivity contribution in [3.05, 3.63) is 0 Å². The first-order valence-electron chi connectivity index (χ1n) is 5.13. The largest absolute Gasteiger partial charge is 0.461 e. The maximum absolute atomic E-state index is 11.6. The van der Waals surface area contributed by atoms with E-state index in [9.17, 15) is 4.79 Å². The van der Waals surface area contributed by atoms with Crippen molar-refractivity contribution < 1.29 is 9.53 Å². The van der Waals surface area contributed by atoms with Crippen molar-refractivity contribution in [1.29, 1.82) is 0 Å². The van der Waals surface area contributed by atoms with E-state index in [2.05, 4.69) is 22.6 Å². The Balaban J connectivity index is 1.91. The molecule has 1 heterocycles. The van der Waals surface area contributed by atoms with Crippen LogP contribution in [0, 0.1) is 29.6 Å². The third-order valence-electron chi connectivity index (χ3n) is 4.78. The first-order chi connectivity index (χ1) is 6.29. The van der Waals surface area contributed by atoms with Gasteiger partial charge in [0.1, 0.15) is 6.10 Å². The lowest BCUT2D eigenvalue weighted by atomic mass is 9.76. The Hall–Kier alpha value is 0.200. The highest BCUT2D eigenvalue weighted by molar-refractivity contribution is 14.1. The summed E-state index contributed by atoms with van der Waals surface area (Å²) in [6.07, 6.45) is 2.95. The Morgan fingerprint density at radius 1 is 1.23 bits per heavy atom. The Morgan fingerprint density at radius 2 is 2.00 bits per heavy atom. The van der Waals surface area contributed by atoms with E-state index in [1.807, 2.05) is 0 Å². The molecule has 0 unspecified atom stereocenters. The molecule has 0 N–H and O–H groups in total. The minimum atomic E-state index is 0.131. The van der Waals surface area contributed by atoms with Gasteiger partial charge in [-0.2, -0.15) is 0 Å². The molecule has 0 aromatic heterocycles. The molecule has 4 bridgehead atoms. The third-order valence-corrected chi connectivity index (χ3v) is 6.32. The van der Waals surface area contributed by atoms with Crippen LogP contribution in [0.4, 0.5) is 0 Å². The molecule has 3 aliphatic carbocycles. The number of fused-ring (bicyclic) bond motifs is 1. The fourth-order valence-electron chi connectivity index (χ4n) is 4.55. The molecule has 4 fully saturated rings. The van der Waals surface area contributed by atoms with Crippen LogP contribution in [0.5, 0.6) is 0 Å². The van der Waals surface area contributed by atoms with Crippen LogP contribution < -0.4 is 0 Å². The smallest absolute Gasteiger partial charge is 0.309 e. The van der Waals surface area contributed by atoms with Crippen LogP contribution in [0.3, 0.4) is 0 Å². The number of esters is 1. The molecule has 0 spiro atoms. The van der Waals surface area contributed by atoms with Crippen LogP contribution in [0.1, 0.15) is 12.8 Å². The number of ether oxygens (including phenoxy) is 1. The summed E-state index contributed by atoms with van der Waals surface area (Å²) in [7, 11) is 0. The average Bonchev–Trinajstić information content (AvgIpc) is 2.75. The number of rotatable bonds is 0. The standard InChI is InChI=1S/C10H11IO2/c11-8-5-3-1-2-4(5)7-6(3)9(8)13-10(7)12/h3-9H,1-2H2/t3-,4-,5-,6-,7-,8-,9+/m1/s1. The Bertz CT molecular complexity index is 303. The molecule has 4 rings (SSSR count). The minimum Gasteiger partial charge on any atom is -0.461 e. The number of carbonyl (C=O) groups excluding carboxylic acids is 1. The van der Waals surface area contributed by atoms with E-state index in [0.717, 1.165) is 11.8 Å². The topological polar surface area (TPSA) is 26.3 Å². The van der Waals surface area contributed by atoms with Gasteiger partial charge in [0, 0.05) is 5.92 Å². The Kier molecular flexibility index (Phi) is 1.19. The fraction of sp³-hybridized carbons (Fsp3) is 0.900. The van der Waals surface area contributed by atoms with E-state index in [1.165, 1.54) is 12.8 Å². The highest BCUT2D eigenvalue weighted by atomic mass is 127. The van der Waals surface area contributed by atoms with Crippen LogP contribution in [0.2, 0.25) is 0 Å². The van der Waals surface area contributed by atoms with Gasteiger partial charge >= 0.3 is 5.97 Å². The van der Waals surface area contributed by atoms with E-state index in [-0.39, 0.29) is 5.97 Å². The second-order valence-corrected chi connectivity index (χ2v) is 6.37. The van der Waals surface area contributed by atoms with Gasteiger partial charge in [-0.05, 0) is 30.6 Å². The number of hydrogen-bond acceptors (Lipinski definition) is 2. The van der Waals surface area contributed by atoms with Gasteiger partial charge < -0.3 is 4.74 Å². The van der Waals surface area contributed by atoms with Crippen molar-refractivity contribution in [1.82, 2.24) is 0 Å². The Labute approximate surface area is 90.5 Å². The van der Waals surface area contributed by atoms with Crippen LogP contribution in [0.15, 0.2) is 0 Å². The monoisotopic (exact) mass is 290 g/mol. The van der Waals surface area contributed by atoms with Crippen molar-refractivity contribution in [3.8, 4) is 0 Å². The maximum atomic E-state index is 11.6. The molecule has 4 aliphatic rings. The molecule has 0 aromatic rings. The SMILES string of the molecule is O=C1O[C@@H]2[C@H](I)[C@@H]3[C@H]4CC[C@H]3[C@@H]1[C@@H]42. The van der Waals surface area contributed by atoms with Gasteiger partial charge in [0.2, 0.25) is 0 Å². The van der Waals surface area contributed by atoms with E-state index in [1.54, 1.807) is 0 Å². The van der Waals surface area contributed by atoms with Crippen molar-refractivity contribution in [3.63, 3.8) is 0 Å². The van der Waals surface area contributed by atoms with Gasteiger partial charge in [0.15, 0.2) is 0 Å². The summed E-state index contributed by atoms with van der Waals surface area (Å²) >= 11 is 2.52. The molecule has 13 heavy (non-hydrogen) atoms. The molecule has 0 radical (unpaired) electrons. The molecule has 3 saturated carbocycles. The Morgan fingerprint density at radius 3 is 2.77 bits per heavy atom. The lowest BCUT2D eigenvalue weighted by Gasteiger charge is -2.27. The summed E-state index contributed by atoms with van der Waals surface area (Å²) < 4.78 is 6.11. The highest BCUT2D eigenvalue weighted by Crippen LogP contribution is 2.69. The quantitative estimate of drug-likeness (QED) is 0.385. The molecule has 7 atom stereocenters. The number of alkyl halides is 1. The average molecular weight is 290 g/mol. The number of carbonyl (C=O) groups is 1. The van der Waals surface area contributed by atoms with Gasteiger partial charge in [-0.1, -0.05) is 22.6 Å². The normalized spacial score (nSPS) is 66.2. The predicted octanol–water partition coefficient (Wildman–Crippen LogP) is 1.62. The van der Waals surface area contributed by atoms with E-state index in [0.29, 0.717) is 27.8 Å². The van der Waals surface area contributed by atoms with Gasteiger partial charge in [0.25, 0.3) is 0 Å². The second-order valence-electron chi connectivity index (χ2n) is 4.93. The van der Waals surface area contributed by atoms with Crippen molar-refractivity contribution in [2.75, 3.05) is 0 Å². The van der Waals surface area contributed by atoms with Gasteiger partial charge in [-0.25, -0.2) is 0 Å². The molecular formula is C10H11IO2. The molecule has 3 heteroatoms. The third kappa shape index (κ3) is 0.621.